The van der Waals surface area contributed by atoms with Crippen molar-refractivity contribution in [3.05, 3.63) is 99.8 Å². The molecule has 0 spiro atoms. The van der Waals surface area contributed by atoms with E-state index in [-0.39, 0.29) is 11.7 Å². The molecular formula is C23H20FN3O2S. The number of para-hydroxylation sites is 1. The molecule has 1 N–H and O–H groups in total. The van der Waals surface area contributed by atoms with Crippen LogP contribution in [-0.2, 0) is 13.2 Å². The number of ether oxygens (including phenoxy) is 1. The molecule has 0 saturated carbocycles. The van der Waals surface area contributed by atoms with Crippen LogP contribution in [0.5, 0.6) is 5.75 Å². The molecule has 0 fully saturated rings. The molecule has 0 aliphatic rings. The first kappa shape index (κ1) is 19.8. The van der Waals surface area contributed by atoms with Gasteiger partial charge in [-0.05, 0) is 47.7 Å². The molecule has 2 heterocycles. The summed E-state index contributed by atoms with van der Waals surface area (Å²) in [5.74, 6) is 0.348. The predicted molar refractivity (Wildman–Crippen MR) is 116 cm³/mol. The third-order valence-corrected chi connectivity index (χ3v) is 5.47. The van der Waals surface area contributed by atoms with Crippen LogP contribution >= 0.6 is 11.3 Å². The molecule has 2 aromatic heterocycles. The Morgan fingerprint density at radius 3 is 2.87 bits per heavy atom. The Bertz CT molecular complexity index is 1170. The van der Waals surface area contributed by atoms with Gasteiger partial charge in [-0.2, -0.15) is 5.10 Å². The highest BCUT2D eigenvalue weighted by molar-refractivity contribution is 7.12. The number of rotatable bonds is 7. The smallest absolute Gasteiger partial charge is 0.265 e. The van der Waals surface area contributed by atoms with Gasteiger partial charge in [-0.25, -0.2) is 4.39 Å². The Morgan fingerprint density at radius 2 is 2.03 bits per heavy atom. The SMILES string of the molecule is Cc1ccccc1OCc1csc(C(=O)Nc2cnn(Cc3cccc(F)c3)c2)c1. The van der Waals surface area contributed by atoms with Crippen molar-refractivity contribution in [1.82, 2.24) is 9.78 Å². The normalized spacial score (nSPS) is 10.7. The Labute approximate surface area is 177 Å². The van der Waals surface area contributed by atoms with E-state index in [0.717, 1.165) is 22.4 Å². The zero-order valence-corrected chi connectivity index (χ0v) is 17.2. The predicted octanol–water partition coefficient (Wildman–Crippen LogP) is 5.27. The van der Waals surface area contributed by atoms with Crippen LogP contribution in [0.4, 0.5) is 10.1 Å². The third-order valence-electron chi connectivity index (χ3n) is 4.49. The van der Waals surface area contributed by atoms with Crippen molar-refractivity contribution in [3.8, 4) is 5.75 Å². The number of hydrogen-bond donors (Lipinski definition) is 1. The first-order valence-corrected chi connectivity index (χ1v) is 10.3. The summed E-state index contributed by atoms with van der Waals surface area (Å²) in [6.07, 6.45) is 3.30. The van der Waals surface area contributed by atoms with Crippen LogP contribution in [0.25, 0.3) is 0 Å². The first-order chi connectivity index (χ1) is 14.6. The molecule has 4 aromatic rings. The molecule has 0 saturated heterocycles. The fourth-order valence-electron chi connectivity index (χ4n) is 2.98. The lowest BCUT2D eigenvalue weighted by atomic mass is 10.2. The van der Waals surface area contributed by atoms with Crippen molar-refractivity contribution < 1.29 is 13.9 Å². The highest BCUT2D eigenvalue weighted by Crippen LogP contribution is 2.21. The lowest BCUT2D eigenvalue weighted by molar-refractivity contribution is 0.103. The van der Waals surface area contributed by atoms with Crippen molar-refractivity contribution in [2.45, 2.75) is 20.1 Å². The third kappa shape index (κ3) is 4.93. The zero-order valence-electron chi connectivity index (χ0n) is 16.3. The monoisotopic (exact) mass is 421 g/mol. The summed E-state index contributed by atoms with van der Waals surface area (Å²) in [4.78, 5) is 13.1. The van der Waals surface area contributed by atoms with Gasteiger partial charge in [0.05, 0.1) is 23.3 Å². The van der Waals surface area contributed by atoms with Gasteiger partial charge in [-0.3, -0.25) is 9.48 Å². The molecular weight excluding hydrogens is 401 g/mol. The molecule has 30 heavy (non-hydrogen) atoms. The number of thiophene rings is 1. The van der Waals surface area contributed by atoms with Crippen molar-refractivity contribution >= 4 is 22.9 Å². The van der Waals surface area contributed by atoms with Gasteiger partial charge in [0.1, 0.15) is 18.2 Å². The van der Waals surface area contributed by atoms with E-state index in [4.69, 9.17) is 4.74 Å². The highest BCUT2D eigenvalue weighted by Gasteiger charge is 2.12. The second-order valence-corrected chi connectivity index (χ2v) is 7.80. The topological polar surface area (TPSA) is 56.1 Å². The van der Waals surface area contributed by atoms with Gasteiger partial charge < -0.3 is 10.1 Å². The lowest BCUT2D eigenvalue weighted by Gasteiger charge is -2.07. The lowest BCUT2D eigenvalue weighted by Crippen LogP contribution is -2.09. The van der Waals surface area contributed by atoms with Gasteiger partial charge in [0.25, 0.3) is 5.91 Å². The summed E-state index contributed by atoms with van der Waals surface area (Å²) < 4.78 is 20.8. The second-order valence-electron chi connectivity index (χ2n) is 6.88. The molecule has 0 aliphatic heterocycles. The largest absolute Gasteiger partial charge is 0.489 e. The molecule has 152 valence electrons. The molecule has 0 aliphatic carbocycles. The van der Waals surface area contributed by atoms with Gasteiger partial charge in [0.15, 0.2) is 0 Å². The minimum atomic E-state index is -0.284. The van der Waals surface area contributed by atoms with Crippen molar-refractivity contribution in [3.63, 3.8) is 0 Å². The van der Waals surface area contributed by atoms with E-state index in [9.17, 15) is 9.18 Å². The number of aromatic nitrogens is 2. The molecule has 7 heteroatoms. The number of carbonyl (C=O) groups excluding carboxylic acids is 1. The summed E-state index contributed by atoms with van der Waals surface area (Å²) >= 11 is 1.37. The summed E-state index contributed by atoms with van der Waals surface area (Å²) in [5, 5.41) is 8.99. The van der Waals surface area contributed by atoms with Crippen LogP contribution in [0.15, 0.2) is 72.4 Å². The highest BCUT2D eigenvalue weighted by atomic mass is 32.1. The summed E-state index contributed by atoms with van der Waals surface area (Å²) in [7, 11) is 0. The standard InChI is InChI=1S/C23H20FN3O2S/c1-16-5-2-3-8-21(16)29-14-18-10-22(30-15-18)23(28)26-20-11-25-27(13-20)12-17-6-4-7-19(24)9-17/h2-11,13,15H,12,14H2,1H3,(H,26,28). The number of hydrogen-bond acceptors (Lipinski definition) is 4. The molecule has 0 unspecified atom stereocenters. The van der Waals surface area contributed by atoms with Gasteiger partial charge in [0.2, 0.25) is 0 Å². The average Bonchev–Trinajstić information content (AvgIpc) is 3.37. The molecule has 4 rings (SSSR count). The number of anilines is 1. The van der Waals surface area contributed by atoms with Crippen molar-refractivity contribution in [2.75, 3.05) is 5.32 Å². The number of carbonyl (C=O) groups is 1. The molecule has 2 aromatic carbocycles. The van der Waals surface area contributed by atoms with Crippen LogP contribution in [0.2, 0.25) is 0 Å². The minimum Gasteiger partial charge on any atom is -0.489 e. The summed E-state index contributed by atoms with van der Waals surface area (Å²) in [6, 6.07) is 16.0. The number of aryl methyl sites for hydroxylation is 1. The quantitative estimate of drug-likeness (QED) is 0.442. The van der Waals surface area contributed by atoms with E-state index in [2.05, 4.69) is 10.4 Å². The zero-order chi connectivity index (χ0) is 20.9. The van der Waals surface area contributed by atoms with Crippen LogP contribution in [0.3, 0.4) is 0 Å². The summed E-state index contributed by atoms with van der Waals surface area (Å²) in [5.41, 5.74) is 3.39. The maximum atomic E-state index is 13.3. The number of amides is 1. The van der Waals surface area contributed by atoms with Gasteiger partial charge in [-0.1, -0.05) is 30.3 Å². The summed E-state index contributed by atoms with van der Waals surface area (Å²) in [6.45, 7) is 2.82. The van der Waals surface area contributed by atoms with Crippen molar-refractivity contribution in [2.24, 2.45) is 0 Å². The number of nitrogens with one attached hydrogen (secondary N) is 1. The van der Waals surface area contributed by atoms with E-state index in [1.54, 1.807) is 23.1 Å². The molecule has 0 bridgehead atoms. The van der Waals surface area contributed by atoms with Crippen LogP contribution in [-0.4, -0.2) is 15.7 Å². The van der Waals surface area contributed by atoms with Gasteiger partial charge in [-0.15, -0.1) is 11.3 Å². The van der Waals surface area contributed by atoms with Crippen molar-refractivity contribution in [1.29, 1.82) is 0 Å². The average molecular weight is 421 g/mol. The van der Waals surface area contributed by atoms with Crippen LogP contribution < -0.4 is 10.1 Å². The molecule has 1 amide bonds. The van der Waals surface area contributed by atoms with E-state index >= 15 is 0 Å². The van der Waals surface area contributed by atoms with Crippen LogP contribution in [0.1, 0.15) is 26.4 Å². The fraction of sp³-hybridized carbons (Fsp3) is 0.130. The van der Waals surface area contributed by atoms with Gasteiger partial charge in [0, 0.05) is 11.8 Å². The second kappa shape index (κ2) is 8.92. The maximum absolute atomic E-state index is 13.3. The molecule has 0 atom stereocenters. The van der Waals surface area contributed by atoms with Gasteiger partial charge >= 0.3 is 0 Å². The number of halogens is 1. The first-order valence-electron chi connectivity index (χ1n) is 9.41. The number of nitrogens with zero attached hydrogens (tertiary/aromatic N) is 2. The molecule has 0 radical (unpaired) electrons. The Balaban J connectivity index is 1.34. The van der Waals surface area contributed by atoms with E-state index in [1.807, 2.05) is 48.7 Å². The molecule has 5 nitrogen and oxygen atoms in total. The van der Waals surface area contributed by atoms with E-state index in [1.165, 1.54) is 23.5 Å². The van der Waals surface area contributed by atoms with E-state index in [0.29, 0.717) is 23.7 Å². The fourth-order valence-corrected chi connectivity index (χ4v) is 3.77. The number of benzene rings is 2. The Hall–Kier alpha value is -3.45. The Morgan fingerprint density at radius 1 is 1.17 bits per heavy atom. The van der Waals surface area contributed by atoms with Crippen LogP contribution in [0, 0.1) is 12.7 Å². The maximum Gasteiger partial charge on any atom is 0.265 e. The minimum absolute atomic E-state index is 0.201. The Kier molecular flexibility index (Phi) is 5.90. The van der Waals surface area contributed by atoms with E-state index < -0.39 is 0 Å².